The maximum atomic E-state index is 13.1. The summed E-state index contributed by atoms with van der Waals surface area (Å²) in [5.74, 6) is -5.08. The number of unbranched alkanes of at least 4 members (excludes halogenated alkanes) is 6. The topological polar surface area (TPSA) is 307 Å². The summed E-state index contributed by atoms with van der Waals surface area (Å²) in [4.78, 5) is 65.2. The minimum atomic E-state index is -5.56. The molecule has 0 aromatic carbocycles. The number of aliphatic carboxylic acids is 3. The number of carbonyl (C=O) groups is 3. The van der Waals surface area contributed by atoms with Gasteiger partial charge in [0.15, 0.2) is 19.8 Å². The predicted octanol–water partition coefficient (Wildman–Crippen LogP) is 3.49. The molecule has 1 aliphatic carbocycles. The third-order valence-corrected chi connectivity index (χ3v) is 9.83. The zero-order valence-corrected chi connectivity index (χ0v) is 31.4. The van der Waals surface area contributed by atoms with Gasteiger partial charge < -0.3 is 44.2 Å². The quantitative estimate of drug-likeness (QED) is 0.0447. The number of ether oxygens (including phenoxy) is 3. The van der Waals surface area contributed by atoms with Crippen LogP contribution in [0.25, 0.3) is 0 Å². The fourth-order valence-corrected chi connectivity index (χ4v) is 7.37. The van der Waals surface area contributed by atoms with Gasteiger partial charge in [-0.3, -0.25) is 27.1 Å². The molecule has 1 rings (SSSR count). The van der Waals surface area contributed by atoms with E-state index in [4.69, 9.17) is 43.1 Å². The van der Waals surface area contributed by atoms with Crippen LogP contribution in [0, 0.1) is 0 Å². The van der Waals surface area contributed by atoms with Crippen LogP contribution in [0.4, 0.5) is 0 Å². The Morgan fingerprint density at radius 3 is 0.922 bits per heavy atom. The molecule has 0 radical (unpaired) electrons. The minimum absolute atomic E-state index is 0.00801. The van der Waals surface area contributed by atoms with E-state index in [0.717, 1.165) is 19.3 Å². The molecule has 0 aromatic rings. The van der Waals surface area contributed by atoms with Gasteiger partial charge in [-0.1, -0.05) is 59.3 Å². The fraction of sp³-hybridized carbons (Fsp3) is 0.889. The van der Waals surface area contributed by atoms with E-state index in [0.29, 0.717) is 38.5 Å². The van der Waals surface area contributed by atoms with Crippen molar-refractivity contribution < 1.29 is 99.4 Å². The third kappa shape index (κ3) is 19.5. The number of phosphoric acid groups is 3. The van der Waals surface area contributed by atoms with Crippen molar-refractivity contribution in [2.45, 2.75) is 115 Å². The van der Waals surface area contributed by atoms with Crippen LogP contribution in [0.3, 0.4) is 0 Å². The molecule has 0 spiro atoms. The van der Waals surface area contributed by atoms with Gasteiger partial charge in [0.25, 0.3) is 0 Å². The number of rotatable bonds is 30. The van der Waals surface area contributed by atoms with E-state index in [-0.39, 0.29) is 19.8 Å². The predicted molar refractivity (Wildman–Crippen MR) is 173 cm³/mol. The normalized spacial score (nSPS) is 25.8. The largest absolute Gasteiger partial charge is 0.480 e. The smallest absolute Gasteiger partial charge is 0.473 e. The molecular formula is C27H51O21P3. The number of carboxylic acids is 3. The molecule has 1 fully saturated rings. The lowest BCUT2D eigenvalue weighted by molar-refractivity contribution is -0.249. The first-order valence-corrected chi connectivity index (χ1v) is 20.8. The second kappa shape index (κ2) is 24.1. The SMILES string of the molecule is CCCCCO[C@@H]1[C@@H](OCCCCC)[C@H](OP(=O)(O)OCC(=O)O)[C@@H](OP(=O)(O)OCC(=O)O)[C@@H](OP(=O)(O)OCC(=O)O)[C@H]1OCCCCC. The van der Waals surface area contributed by atoms with Gasteiger partial charge in [-0.05, 0) is 19.3 Å². The molecule has 21 nitrogen and oxygen atoms in total. The molecule has 1 aliphatic rings. The summed E-state index contributed by atoms with van der Waals surface area (Å²) in [6.45, 7) is 1.44. The van der Waals surface area contributed by atoms with E-state index in [1.54, 1.807) is 0 Å². The molecule has 1 saturated carbocycles. The van der Waals surface area contributed by atoms with E-state index < -0.39 is 97.8 Å². The molecule has 0 heterocycles. The Kier molecular flexibility index (Phi) is 22.5. The van der Waals surface area contributed by atoms with E-state index in [9.17, 15) is 42.8 Å². The van der Waals surface area contributed by atoms with Crippen LogP contribution >= 0.6 is 23.5 Å². The molecule has 300 valence electrons. The maximum absolute atomic E-state index is 13.1. The van der Waals surface area contributed by atoms with Crippen LogP contribution in [0.15, 0.2) is 0 Å². The molecule has 6 N–H and O–H groups in total. The summed E-state index contributed by atoms with van der Waals surface area (Å²) < 4.78 is 87.2. The lowest BCUT2D eigenvalue weighted by Gasteiger charge is -2.49. The Hall–Kier alpha value is -1.38. The number of phosphoric ester groups is 3. The average Bonchev–Trinajstić information content (AvgIpc) is 3.04. The third-order valence-electron chi connectivity index (χ3n) is 6.94. The van der Waals surface area contributed by atoms with Gasteiger partial charge in [0.2, 0.25) is 0 Å². The molecule has 0 saturated heterocycles. The van der Waals surface area contributed by atoms with E-state index in [2.05, 4.69) is 13.6 Å². The number of hydrogen-bond donors (Lipinski definition) is 6. The lowest BCUT2D eigenvalue weighted by Crippen LogP contribution is -2.67. The Morgan fingerprint density at radius 1 is 0.451 bits per heavy atom. The summed E-state index contributed by atoms with van der Waals surface area (Å²) in [6, 6.07) is 0. The van der Waals surface area contributed by atoms with Crippen molar-refractivity contribution in [3.05, 3.63) is 0 Å². The van der Waals surface area contributed by atoms with E-state index >= 15 is 0 Å². The van der Waals surface area contributed by atoms with Crippen LogP contribution in [-0.4, -0.2) is 124 Å². The second-order valence-electron chi connectivity index (χ2n) is 11.2. The zero-order valence-electron chi connectivity index (χ0n) is 28.7. The molecule has 51 heavy (non-hydrogen) atoms. The lowest BCUT2D eigenvalue weighted by atomic mass is 9.84. The maximum Gasteiger partial charge on any atom is 0.473 e. The van der Waals surface area contributed by atoms with Gasteiger partial charge in [-0.25, -0.2) is 28.1 Å². The van der Waals surface area contributed by atoms with E-state index in [1.165, 1.54) is 0 Å². The van der Waals surface area contributed by atoms with Gasteiger partial charge in [0.05, 0.1) is 0 Å². The average molecular weight is 805 g/mol. The Balaban J connectivity index is 4.01. The monoisotopic (exact) mass is 804 g/mol. The van der Waals surface area contributed by atoms with Crippen LogP contribution in [0.1, 0.15) is 78.6 Å². The highest BCUT2D eigenvalue weighted by atomic mass is 31.2. The number of hydrogen-bond acceptors (Lipinski definition) is 15. The van der Waals surface area contributed by atoms with E-state index in [1.807, 2.05) is 20.8 Å². The summed E-state index contributed by atoms with van der Waals surface area (Å²) in [5, 5.41) is 27.1. The van der Waals surface area contributed by atoms with Crippen LogP contribution in [0.2, 0.25) is 0 Å². The van der Waals surface area contributed by atoms with Crippen LogP contribution in [0.5, 0.6) is 0 Å². The summed E-state index contributed by atoms with van der Waals surface area (Å²) in [6.07, 6.45) is -5.88. The minimum Gasteiger partial charge on any atom is -0.480 e. The van der Waals surface area contributed by atoms with Gasteiger partial charge in [-0.2, -0.15) is 0 Å². The van der Waals surface area contributed by atoms with Crippen LogP contribution < -0.4 is 0 Å². The Labute approximate surface area is 295 Å². The van der Waals surface area contributed by atoms with Gasteiger partial charge in [0.1, 0.15) is 36.6 Å². The zero-order chi connectivity index (χ0) is 38.7. The molecule has 3 unspecified atom stereocenters. The summed E-state index contributed by atoms with van der Waals surface area (Å²) in [7, 11) is -16.5. The first kappa shape index (κ1) is 47.6. The van der Waals surface area contributed by atoms with Crippen molar-refractivity contribution >= 4 is 41.4 Å². The molecule has 9 atom stereocenters. The number of carboxylic acid groups (broad SMARTS) is 3. The molecule has 0 amide bonds. The standard InChI is InChI=1S/C27H51O21P3/c1-4-7-10-13-40-22-23(41-14-11-8-5-2)25(46-49(34,35)43-16-19(28)29)27(48-51(38,39)45-18-21(32)33)26(24(22)42-15-12-9-6-3)47-50(36,37)44-17-20(30)31/h22-27H,4-18H2,1-3H3,(H,28,29)(H,30,31)(H,32,33)(H,34,35)(H,36,37)(H,38,39)/t22-,23-,24+,25-,26-,27-/m0/s1. The first-order chi connectivity index (χ1) is 23.9. The van der Waals surface area contributed by atoms with Crippen molar-refractivity contribution in [2.24, 2.45) is 0 Å². The Bertz CT molecular complexity index is 1140. The van der Waals surface area contributed by atoms with Gasteiger partial charge >= 0.3 is 41.4 Å². The van der Waals surface area contributed by atoms with Crippen molar-refractivity contribution in [2.75, 3.05) is 39.6 Å². The first-order valence-electron chi connectivity index (χ1n) is 16.4. The molecule has 0 bridgehead atoms. The molecule has 0 aromatic heterocycles. The van der Waals surface area contributed by atoms with Crippen molar-refractivity contribution in [1.29, 1.82) is 0 Å². The van der Waals surface area contributed by atoms with Crippen LogP contribution in [-0.2, 0) is 69.4 Å². The highest BCUT2D eigenvalue weighted by Crippen LogP contribution is 2.55. The highest BCUT2D eigenvalue weighted by molar-refractivity contribution is 7.48. The molecule has 24 heteroatoms. The van der Waals surface area contributed by atoms with Crippen molar-refractivity contribution in [3.8, 4) is 0 Å². The van der Waals surface area contributed by atoms with Gasteiger partial charge in [0, 0.05) is 19.8 Å². The van der Waals surface area contributed by atoms with Gasteiger partial charge in [-0.15, -0.1) is 0 Å². The fourth-order valence-electron chi connectivity index (χ4n) is 4.73. The summed E-state index contributed by atoms with van der Waals surface area (Å²) in [5.41, 5.74) is 0. The Morgan fingerprint density at radius 2 is 0.686 bits per heavy atom. The molecular weight excluding hydrogens is 753 g/mol. The second-order valence-corrected chi connectivity index (χ2v) is 15.5. The highest BCUT2D eigenvalue weighted by Gasteiger charge is 2.60. The summed E-state index contributed by atoms with van der Waals surface area (Å²) >= 11 is 0. The van der Waals surface area contributed by atoms with Crippen molar-refractivity contribution in [3.63, 3.8) is 0 Å². The van der Waals surface area contributed by atoms with Crippen molar-refractivity contribution in [1.82, 2.24) is 0 Å². The molecule has 0 aliphatic heterocycles.